The number of benzene rings is 1. The molecule has 1 heterocycles. The van der Waals surface area contributed by atoms with Crippen LogP contribution in [0.15, 0.2) is 22.5 Å². The fourth-order valence-electron chi connectivity index (χ4n) is 1.39. The Morgan fingerprint density at radius 1 is 1.42 bits per heavy atom. The molecule has 19 heavy (non-hydrogen) atoms. The number of fused-ring (bicyclic) bond motifs is 1. The number of aliphatic carboxylic acids is 2. The van der Waals surface area contributed by atoms with Gasteiger partial charge in [0.15, 0.2) is 4.34 Å². The first-order chi connectivity index (χ1) is 8.95. The number of aromatic nitrogens is 1. The molecule has 0 bridgehead atoms. The average Bonchev–Trinajstić information content (AvgIpc) is 2.68. The second kappa shape index (κ2) is 5.77. The zero-order valence-corrected chi connectivity index (χ0v) is 11.8. The number of thioether (sulfide) groups is 1. The van der Waals surface area contributed by atoms with Gasteiger partial charge < -0.3 is 10.2 Å². The van der Waals surface area contributed by atoms with E-state index in [9.17, 15) is 9.59 Å². The van der Waals surface area contributed by atoms with Crippen molar-refractivity contribution in [2.75, 3.05) is 0 Å². The highest BCUT2D eigenvalue weighted by Crippen LogP contribution is 2.34. The van der Waals surface area contributed by atoms with E-state index in [1.54, 1.807) is 18.2 Å². The summed E-state index contributed by atoms with van der Waals surface area (Å²) >= 11 is 8.09. The van der Waals surface area contributed by atoms with Crippen molar-refractivity contribution >= 4 is 56.9 Å². The van der Waals surface area contributed by atoms with Crippen LogP contribution in [0.4, 0.5) is 0 Å². The van der Waals surface area contributed by atoms with Crippen molar-refractivity contribution in [3.8, 4) is 0 Å². The second-order valence-electron chi connectivity index (χ2n) is 3.63. The molecule has 1 aromatic carbocycles. The number of carboxylic acid groups (broad SMARTS) is 2. The fraction of sp³-hybridized carbons (Fsp3) is 0.182. The van der Waals surface area contributed by atoms with Crippen LogP contribution >= 0.6 is 34.7 Å². The van der Waals surface area contributed by atoms with Gasteiger partial charge in [-0.15, -0.1) is 11.3 Å². The van der Waals surface area contributed by atoms with E-state index < -0.39 is 23.6 Å². The summed E-state index contributed by atoms with van der Waals surface area (Å²) in [7, 11) is 0. The van der Waals surface area contributed by atoms with Crippen molar-refractivity contribution in [3.63, 3.8) is 0 Å². The monoisotopic (exact) mass is 317 g/mol. The van der Waals surface area contributed by atoms with Gasteiger partial charge in [0.1, 0.15) is 5.25 Å². The Labute approximate surface area is 121 Å². The summed E-state index contributed by atoms with van der Waals surface area (Å²) in [4.78, 5) is 25.8. The van der Waals surface area contributed by atoms with Crippen molar-refractivity contribution in [2.24, 2.45) is 0 Å². The molecule has 1 atom stereocenters. The SMILES string of the molecule is O=C(O)CC(Sc1nc2ccc(Cl)cc2s1)C(=O)O. The molecule has 0 spiro atoms. The van der Waals surface area contributed by atoms with Crippen LogP contribution in [0.2, 0.25) is 5.02 Å². The molecule has 1 unspecified atom stereocenters. The summed E-state index contributed by atoms with van der Waals surface area (Å²) in [6, 6.07) is 5.18. The van der Waals surface area contributed by atoms with Gasteiger partial charge in [-0.05, 0) is 18.2 Å². The predicted octanol–water partition coefficient (Wildman–Crippen LogP) is 2.97. The Morgan fingerprint density at radius 2 is 2.16 bits per heavy atom. The predicted molar refractivity (Wildman–Crippen MR) is 74.2 cm³/mol. The highest BCUT2D eigenvalue weighted by molar-refractivity contribution is 8.02. The molecule has 0 amide bonds. The number of carbonyl (C=O) groups is 2. The quantitative estimate of drug-likeness (QED) is 0.824. The van der Waals surface area contributed by atoms with Crippen molar-refractivity contribution < 1.29 is 19.8 Å². The van der Waals surface area contributed by atoms with Crippen molar-refractivity contribution in [3.05, 3.63) is 23.2 Å². The number of thiazole rings is 1. The molecule has 2 rings (SSSR count). The normalized spacial score (nSPS) is 12.5. The van der Waals surface area contributed by atoms with Crippen LogP contribution < -0.4 is 0 Å². The minimum Gasteiger partial charge on any atom is -0.481 e. The van der Waals surface area contributed by atoms with E-state index in [4.69, 9.17) is 21.8 Å². The maximum absolute atomic E-state index is 11.0. The molecular formula is C11H8ClNO4S2. The van der Waals surface area contributed by atoms with E-state index in [1.807, 2.05) is 0 Å². The van der Waals surface area contributed by atoms with Crippen LogP contribution in [0, 0.1) is 0 Å². The molecule has 2 N–H and O–H groups in total. The maximum atomic E-state index is 11.0. The van der Waals surface area contributed by atoms with E-state index in [2.05, 4.69) is 4.98 Å². The second-order valence-corrected chi connectivity index (χ2v) is 6.55. The number of carboxylic acids is 2. The summed E-state index contributed by atoms with van der Waals surface area (Å²) in [5, 5.41) is 17.2. The molecule has 5 nitrogen and oxygen atoms in total. The van der Waals surface area contributed by atoms with Crippen LogP contribution in [0.3, 0.4) is 0 Å². The van der Waals surface area contributed by atoms with Crippen LogP contribution in [0.25, 0.3) is 10.2 Å². The highest BCUT2D eigenvalue weighted by atomic mass is 35.5. The van der Waals surface area contributed by atoms with Crippen LogP contribution in [-0.4, -0.2) is 32.4 Å². The van der Waals surface area contributed by atoms with Gasteiger partial charge >= 0.3 is 11.9 Å². The van der Waals surface area contributed by atoms with E-state index >= 15 is 0 Å². The molecule has 2 aromatic rings. The van der Waals surface area contributed by atoms with Gasteiger partial charge in [0.25, 0.3) is 0 Å². The van der Waals surface area contributed by atoms with Crippen molar-refractivity contribution in [1.29, 1.82) is 0 Å². The Bertz CT molecular complexity index is 643. The van der Waals surface area contributed by atoms with E-state index in [-0.39, 0.29) is 0 Å². The number of rotatable bonds is 5. The first-order valence-corrected chi connectivity index (χ1v) is 7.20. The maximum Gasteiger partial charge on any atom is 0.317 e. The molecule has 0 aliphatic heterocycles. The Hall–Kier alpha value is -1.31. The third-order valence-corrected chi connectivity index (χ3v) is 4.74. The third-order valence-electron chi connectivity index (χ3n) is 2.21. The first-order valence-electron chi connectivity index (χ1n) is 5.13. The lowest BCUT2D eigenvalue weighted by Gasteiger charge is -2.06. The van der Waals surface area contributed by atoms with E-state index in [0.717, 1.165) is 22.0 Å². The van der Waals surface area contributed by atoms with Crippen LogP contribution in [-0.2, 0) is 9.59 Å². The Morgan fingerprint density at radius 3 is 2.79 bits per heavy atom. The summed E-state index contributed by atoms with van der Waals surface area (Å²) in [5.41, 5.74) is 0.719. The van der Waals surface area contributed by atoms with Gasteiger partial charge in [-0.25, -0.2) is 4.98 Å². The third kappa shape index (κ3) is 3.59. The molecule has 0 radical (unpaired) electrons. The van der Waals surface area contributed by atoms with Gasteiger partial charge in [0, 0.05) is 5.02 Å². The number of hydrogen-bond donors (Lipinski definition) is 2. The standard InChI is InChI=1S/C11H8ClNO4S2/c12-5-1-2-6-7(3-5)18-11(13-6)19-8(10(16)17)4-9(14)15/h1-3,8H,4H2,(H,14,15)(H,16,17). The largest absolute Gasteiger partial charge is 0.481 e. The van der Waals surface area contributed by atoms with Gasteiger partial charge in [0.05, 0.1) is 16.6 Å². The van der Waals surface area contributed by atoms with E-state index in [1.165, 1.54) is 11.3 Å². The molecule has 0 saturated heterocycles. The zero-order valence-electron chi connectivity index (χ0n) is 9.37. The average molecular weight is 318 g/mol. The topological polar surface area (TPSA) is 87.5 Å². The summed E-state index contributed by atoms with van der Waals surface area (Å²) in [6.45, 7) is 0. The molecule has 1 aromatic heterocycles. The van der Waals surface area contributed by atoms with E-state index in [0.29, 0.717) is 9.36 Å². The molecule has 0 saturated carbocycles. The summed E-state index contributed by atoms with van der Waals surface area (Å²) < 4.78 is 1.36. The minimum atomic E-state index is -1.16. The molecule has 0 aliphatic rings. The minimum absolute atomic E-state index is 0.448. The number of halogens is 1. The first kappa shape index (κ1) is 14.1. The molecule has 8 heteroatoms. The van der Waals surface area contributed by atoms with Crippen LogP contribution in [0.5, 0.6) is 0 Å². The smallest absolute Gasteiger partial charge is 0.317 e. The summed E-state index contributed by atoms with van der Waals surface area (Å²) in [5.74, 6) is -2.31. The van der Waals surface area contributed by atoms with Gasteiger partial charge in [-0.3, -0.25) is 9.59 Å². The van der Waals surface area contributed by atoms with Crippen LogP contribution in [0.1, 0.15) is 6.42 Å². The van der Waals surface area contributed by atoms with Crippen molar-refractivity contribution in [1.82, 2.24) is 4.98 Å². The van der Waals surface area contributed by atoms with Crippen molar-refractivity contribution in [2.45, 2.75) is 16.0 Å². The Balaban J connectivity index is 2.23. The van der Waals surface area contributed by atoms with Gasteiger partial charge in [-0.1, -0.05) is 23.4 Å². The Kier molecular flexibility index (Phi) is 4.28. The molecule has 0 fully saturated rings. The highest BCUT2D eigenvalue weighted by Gasteiger charge is 2.23. The number of nitrogens with zero attached hydrogens (tertiary/aromatic N) is 1. The van der Waals surface area contributed by atoms with Gasteiger partial charge in [-0.2, -0.15) is 0 Å². The molecular weight excluding hydrogens is 310 g/mol. The molecule has 100 valence electrons. The molecule has 0 aliphatic carbocycles. The van der Waals surface area contributed by atoms with Gasteiger partial charge in [0.2, 0.25) is 0 Å². The zero-order chi connectivity index (χ0) is 14.0. The number of hydrogen-bond acceptors (Lipinski definition) is 5. The lowest BCUT2D eigenvalue weighted by Crippen LogP contribution is -2.20. The lowest BCUT2D eigenvalue weighted by atomic mass is 10.3. The summed E-state index contributed by atoms with van der Waals surface area (Å²) in [6.07, 6.45) is -0.448. The lowest BCUT2D eigenvalue weighted by molar-refractivity contribution is -0.142. The fourth-order valence-corrected chi connectivity index (χ4v) is 3.89.